The Hall–Kier alpha value is -1.38. The minimum Gasteiger partial charge on any atom is -0.309 e. The number of sulfonamides is 1. The highest BCUT2D eigenvalue weighted by atomic mass is 79.9. The van der Waals surface area contributed by atoms with Gasteiger partial charge >= 0.3 is 0 Å². The van der Waals surface area contributed by atoms with Gasteiger partial charge < -0.3 is 4.90 Å². The van der Waals surface area contributed by atoms with E-state index in [1.807, 2.05) is 26.0 Å². The monoisotopic (exact) mass is 500 g/mol. The van der Waals surface area contributed by atoms with Crippen molar-refractivity contribution in [1.82, 2.24) is 0 Å². The summed E-state index contributed by atoms with van der Waals surface area (Å²) in [6.45, 7) is 5.37. The van der Waals surface area contributed by atoms with Gasteiger partial charge in [-0.1, -0.05) is 6.07 Å². The molecule has 0 aliphatic carbocycles. The third-order valence-electron chi connectivity index (χ3n) is 4.35. The first-order valence-corrected chi connectivity index (χ1v) is 11.1. The number of amides is 1. The fourth-order valence-corrected chi connectivity index (χ4v) is 6.12. The molecule has 1 heterocycles. The zero-order chi connectivity index (χ0) is 19.2. The lowest BCUT2D eigenvalue weighted by Gasteiger charge is -2.21. The molecule has 0 spiro atoms. The SMILES string of the molecule is CC(=O)N1c2cc(S(=O)(=O)Nc3ccc(C)cc3Br)c(Br)cc2CC1C. The number of nitrogens with one attached hydrogen (secondary N) is 1. The summed E-state index contributed by atoms with van der Waals surface area (Å²) in [5.41, 5.74) is 3.08. The molecular weight excluding hydrogens is 484 g/mol. The molecule has 0 saturated heterocycles. The van der Waals surface area contributed by atoms with E-state index in [9.17, 15) is 13.2 Å². The van der Waals surface area contributed by atoms with Crippen LogP contribution in [0.4, 0.5) is 11.4 Å². The van der Waals surface area contributed by atoms with E-state index in [-0.39, 0.29) is 16.8 Å². The summed E-state index contributed by atoms with van der Waals surface area (Å²) in [4.78, 5) is 13.7. The molecule has 3 rings (SSSR count). The maximum atomic E-state index is 13.0. The van der Waals surface area contributed by atoms with Crippen LogP contribution in [0.5, 0.6) is 0 Å². The fourth-order valence-electron chi connectivity index (χ4n) is 3.21. The molecule has 0 bridgehead atoms. The molecule has 0 radical (unpaired) electrons. The predicted octanol–water partition coefficient (Wildman–Crippen LogP) is 4.62. The van der Waals surface area contributed by atoms with Crippen LogP contribution in [0.15, 0.2) is 44.2 Å². The second-order valence-electron chi connectivity index (χ2n) is 6.44. The van der Waals surface area contributed by atoms with Gasteiger partial charge in [-0.3, -0.25) is 9.52 Å². The molecule has 1 unspecified atom stereocenters. The van der Waals surface area contributed by atoms with E-state index in [1.54, 1.807) is 23.1 Å². The molecule has 1 atom stereocenters. The normalized spacial score (nSPS) is 16.5. The summed E-state index contributed by atoms with van der Waals surface area (Å²) < 4.78 is 29.7. The molecule has 2 aromatic carbocycles. The van der Waals surface area contributed by atoms with Crippen LogP contribution in [0.25, 0.3) is 0 Å². The fraction of sp³-hybridized carbons (Fsp3) is 0.278. The Morgan fingerprint density at radius 1 is 1.19 bits per heavy atom. The van der Waals surface area contributed by atoms with Gasteiger partial charge in [0.05, 0.1) is 5.69 Å². The minimum atomic E-state index is -3.83. The average Bonchev–Trinajstić information content (AvgIpc) is 2.84. The second kappa shape index (κ2) is 6.98. The van der Waals surface area contributed by atoms with Gasteiger partial charge in [-0.05, 0) is 87.5 Å². The number of anilines is 2. The first-order valence-electron chi connectivity index (χ1n) is 8.01. The van der Waals surface area contributed by atoms with Gasteiger partial charge in [0.15, 0.2) is 0 Å². The number of nitrogens with zero attached hydrogens (tertiary/aromatic N) is 1. The highest BCUT2D eigenvalue weighted by Crippen LogP contribution is 2.38. The predicted molar refractivity (Wildman–Crippen MR) is 110 cm³/mol. The van der Waals surface area contributed by atoms with Crippen molar-refractivity contribution in [3.05, 3.63) is 50.4 Å². The smallest absolute Gasteiger partial charge is 0.263 e. The summed E-state index contributed by atoms with van der Waals surface area (Å²) in [5, 5.41) is 0. The van der Waals surface area contributed by atoms with Gasteiger partial charge in [0.25, 0.3) is 10.0 Å². The standard InChI is InChI=1S/C18H18Br2N2O3S/c1-10-4-5-16(14(19)6-10)21-26(24,25)18-9-17-13(8-15(18)20)7-11(2)22(17)12(3)23/h4-6,8-9,11,21H,7H2,1-3H3. The molecule has 0 saturated carbocycles. The van der Waals surface area contributed by atoms with Crippen molar-refractivity contribution >= 4 is 59.2 Å². The molecule has 1 N–H and O–H groups in total. The van der Waals surface area contributed by atoms with Crippen molar-refractivity contribution in [2.75, 3.05) is 9.62 Å². The van der Waals surface area contributed by atoms with Crippen molar-refractivity contribution in [3.63, 3.8) is 0 Å². The molecule has 26 heavy (non-hydrogen) atoms. The van der Waals surface area contributed by atoms with Crippen LogP contribution in [-0.2, 0) is 21.2 Å². The van der Waals surface area contributed by atoms with Crippen molar-refractivity contribution < 1.29 is 13.2 Å². The van der Waals surface area contributed by atoms with Gasteiger partial charge in [-0.25, -0.2) is 8.42 Å². The molecule has 8 heteroatoms. The number of carbonyl (C=O) groups excluding carboxylic acids is 1. The quantitative estimate of drug-likeness (QED) is 0.667. The molecule has 1 aliphatic rings. The van der Waals surface area contributed by atoms with E-state index >= 15 is 0 Å². The largest absolute Gasteiger partial charge is 0.309 e. The van der Waals surface area contributed by atoms with E-state index in [0.717, 1.165) is 11.1 Å². The Balaban J connectivity index is 2.05. The van der Waals surface area contributed by atoms with Gasteiger partial charge in [0, 0.05) is 27.6 Å². The number of hydrogen-bond donors (Lipinski definition) is 1. The van der Waals surface area contributed by atoms with Gasteiger partial charge in [0.1, 0.15) is 4.90 Å². The van der Waals surface area contributed by atoms with Crippen LogP contribution in [0.3, 0.4) is 0 Å². The average molecular weight is 502 g/mol. The molecule has 138 valence electrons. The summed E-state index contributed by atoms with van der Waals surface area (Å²) in [5.74, 6) is -0.101. The van der Waals surface area contributed by atoms with Crippen molar-refractivity contribution in [3.8, 4) is 0 Å². The van der Waals surface area contributed by atoms with Crippen LogP contribution in [0.1, 0.15) is 25.0 Å². The zero-order valence-corrected chi connectivity index (χ0v) is 18.5. The Morgan fingerprint density at radius 3 is 2.50 bits per heavy atom. The van der Waals surface area contributed by atoms with Crippen LogP contribution < -0.4 is 9.62 Å². The molecule has 1 amide bonds. The third kappa shape index (κ3) is 3.54. The lowest BCUT2D eigenvalue weighted by molar-refractivity contribution is -0.116. The number of hydrogen-bond acceptors (Lipinski definition) is 3. The van der Waals surface area contributed by atoms with Crippen molar-refractivity contribution in [1.29, 1.82) is 0 Å². The number of fused-ring (bicyclic) bond motifs is 1. The van der Waals surface area contributed by atoms with E-state index in [2.05, 4.69) is 36.6 Å². The summed E-state index contributed by atoms with van der Waals surface area (Å²) >= 11 is 6.76. The minimum absolute atomic E-state index is 0.00607. The number of aryl methyl sites for hydroxylation is 1. The first-order chi connectivity index (χ1) is 12.1. The summed E-state index contributed by atoms with van der Waals surface area (Å²) in [6.07, 6.45) is 0.699. The van der Waals surface area contributed by atoms with Crippen LogP contribution >= 0.6 is 31.9 Å². The number of benzene rings is 2. The van der Waals surface area contributed by atoms with E-state index < -0.39 is 10.0 Å². The molecule has 1 aliphatic heterocycles. The highest BCUT2D eigenvalue weighted by Gasteiger charge is 2.32. The maximum Gasteiger partial charge on any atom is 0.263 e. The topological polar surface area (TPSA) is 66.5 Å². The number of rotatable bonds is 3. The zero-order valence-electron chi connectivity index (χ0n) is 14.5. The third-order valence-corrected chi connectivity index (χ3v) is 7.33. The number of carbonyl (C=O) groups is 1. The Labute approximate surface area is 170 Å². The second-order valence-corrected chi connectivity index (χ2v) is 9.80. The van der Waals surface area contributed by atoms with Gasteiger partial charge in [-0.15, -0.1) is 0 Å². The highest BCUT2D eigenvalue weighted by molar-refractivity contribution is 9.11. The lowest BCUT2D eigenvalue weighted by Crippen LogP contribution is -2.33. The van der Waals surface area contributed by atoms with E-state index in [4.69, 9.17) is 0 Å². The van der Waals surface area contributed by atoms with Crippen molar-refractivity contribution in [2.24, 2.45) is 0 Å². The molecule has 5 nitrogen and oxygen atoms in total. The lowest BCUT2D eigenvalue weighted by atomic mass is 10.1. The number of halogens is 2. The summed E-state index contributed by atoms with van der Waals surface area (Å²) in [7, 11) is -3.83. The Morgan fingerprint density at radius 2 is 1.88 bits per heavy atom. The Kier molecular flexibility index (Phi) is 5.20. The first kappa shape index (κ1) is 19.4. The Bertz CT molecular complexity index is 1010. The molecule has 0 fully saturated rings. The van der Waals surface area contributed by atoms with E-state index in [1.165, 1.54) is 6.92 Å². The van der Waals surface area contributed by atoms with Crippen LogP contribution in [0, 0.1) is 6.92 Å². The summed E-state index contributed by atoms with van der Waals surface area (Å²) in [6, 6.07) is 8.74. The van der Waals surface area contributed by atoms with Crippen LogP contribution in [-0.4, -0.2) is 20.4 Å². The van der Waals surface area contributed by atoms with Gasteiger partial charge in [0.2, 0.25) is 5.91 Å². The molecule has 2 aromatic rings. The van der Waals surface area contributed by atoms with Crippen LogP contribution in [0.2, 0.25) is 0 Å². The van der Waals surface area contributed by atoms with E-state index in [0.29, 0.717) is 26.7 Å². The molecule has 0 aromatic heterocycles. The van der Waals surface area contributed by atoms with Gasteiger partial charge in [-0.2, -0.15) is 0 Å². The van der Waals surface area contributed by atoms with Crippen molar-refractivity contribution in [2.45, 2.75) is 38.1 Å². The maximum absolute atomic E-state index is 13.0. The molecular formula is C18H18Br2N2O3S.